The van der Waals surface area contributed by atoms with Gasteiger partial charge in [0.1, 0.15) is 0 Å². The van der Waals surface area contributed by atoms with E-state index < -0.39 is 17.9 Å². The van der Waals surface area contributed by atoms with Crippen LogP contribution in [0.5, 0.6) is 0 Å². The molecular weight excluding hydrogens is 516 g/mol. The summed E-state index contributed by atoms with van der Waals surface area (Å²) in [4.78, 5) is 10.7. The number of carbonyl (C=O) groups is 1. The van der Waals surface area contributed by atoms with Gasteiger partial charge in [0.15, 0.2) is 5.79 Å². The Morgan fingerprint density at radius 1 is 1.00 bits per heavy atom. The first kappa shape index (κ1) is 35.2. The molecule has 8 unspecified atom stereocenters. The van der Waals surface area contributed by atoms with Crippen LogP contribution < -0.4 is 0 Å². The third-order valence-electron chi connectivity index (χ3n) is 8.66. The van der Waals surface area contributed by atoms with E-state index in [1.165, 1.54) is 18.9 Å². The Kier molecular flexibility index (Phi) is 15.3. The Morgan fingerprint density at radius 3 is 2.39 bits per heavy atom. The minimum absolute atomic E-state index is 0.0164. The first-order valence-electron chi connectivity index (χ1n) is 15.8. The fourth-order valence-corrected chi connectivity index (χ4v) is 5.53. The molecule has 6 heteroatoms. The lowest BCUT2D eigenvalue weighted by molar-refractivity contribution is -0.324. The van der Waals surface area contributed by atoms with Crippen LogP contribution in [-0.4, -0.2) is 51.5 Å². The number of hydrogen-bond acceptors (Lipinski definition) is 5. The summed E-state index contributed by atoms with van der Waals surface area (Å²) in [5, 5.41) is 29.0. The minimum atomic E-state index is -1.01. The second kappa shape index (κ2) is 17.8. The molecule has 0 aliphatic carbocycles. The summed E-state index contributed by atoms with van der Waals surface area (Å²) in [5.74, 6) is -0.945. The van der Waals surface area contributed by atoms with Gasteiger partial charge in [-0.05, 0) is 64.2 Å². The Labute approximate surface area is 248 Å². The summed E-state index contributed by atoms with van der Waals surface area (Å²) in [5.41, 5.74) is 2.19. The molecule has 0 amide bonds. The molecule has 6 nitrogen and oxygen atoms in total. The molecule has 2 aliphatic rings. The van der Waals surface area contributed by atoms with Crippen LogP contribution in [-0.2, 0) is 14.3 Å². The van der Waals surface area contributed by atoms with Gasteiger partial charge in [0, 0.05) is 24.8 Å². The van der Waals surface area contributed by atoms with E-state index in [1.54, 1.807) is 13.0 Å². The van der Waals surface area contributed by atoms with Gasteiger partial charge in [0.05, 0.1) is 24.4 Å². The second-order valence-corrected chi connectivity index (χ2v) is 12.3. The number of carboxylic acids is 1. The average Bonchev–Trinajstić information content (AvgIpc) is 2.96. The molecule has 3 N–H and O–H groups in total. The van der Waals surface area contributed by atoms with Gasteiger partial charge in [-0.1, -0.05) is 94.2 Å². The molecule has 0 radical (unpaired) electrons. The largest absolute Gasteiger partial charge is 0.478 e. The molecule has 0 bridgehead atoms. The maximum Gasteiger partial charge on any atom is 0.327 e. The van der Waals surface area contributed by atoms with E-state index in [0.717, 1.165) is 62.2 Å². The Hall–Kier alpha value is -1.99. The summed E-state index contributed by atoms with van der Waals surface area (Å²) in [7, 11) is 0. The summed E-state index contributed by atoms with van der Waals surface area (Å²) < 4.78 is 13.6. The van der Waals surface area contributed by atoms with Crippen LogP contribution in [0.2, 0.25) is 0 Å². The van der Waals surface area contributed by atoms with E-state index in [-0.39, 0.29) is 24.2 Å². The van der Waals surface area contributed by atoms with Gasteiger partial charge in [0.2, 0.25) is 0 Å². The fraction of sp³-hybridized carbons (Fsp3) is 0.686. The molecule has 0 aromatic heterocycles. The van der Waals surface area contributed by atoms with Crippen LogP contribution >= 0.6 is 0 Å². The SMILES string of the molecule is CCCCC1CCC2(CCC(C)C(CC=C(C)C=CC(O)C(C)C=CC(=O)O)O2)OC1C=CC(C)=CCC(O)CC. The van der Waals surface area contributed by atoms with Gasteiger partial charge in [-0.25, -0.2) is 4.79 Å². The molecule has 0 aromatic rings. The zero-order valence-electron chi connectivity index (χ0n) is 26.3. The third kappa shape index (κ3) is 12.4. The van der Waals surface area contributed by atoms with Crippen LogP contribution in [0.3, 0.4) is 0 Å². The molecule has 1 spiro atoms. The zero-order chi connectivity index (χ0) is 30.4. The highest BCUT2D eigenvalue weighted by molar-refractivity contribution is 5.79. The standard InChI is InChI=1S/C35H56O6/c1-7-9-10-29-22-24-35(41-33(29)19-14-25(3)11-16-30(36)8-2)23-21-28(6)32(40-35)18-13-26(4)12-17-31(37)27(5)15-20-34(38)39/h11-15,17,19-20,27-33,36-37H,7-10,16,18,21-24H2,1-6H3,(H,38,39). The van der Waals surface area contributed by atoms with E-state index in [1.807, 2.05) is 19.9 Å². The van der Waals surface area contributed by atoms with Crippen LogP contribution in [0.15, 0.2) is 59.8 Å². The summed E-state index contributed by atoms with van der Waals surface area (Å²) in [6.07, 6.45) is 23.6. The molecule has 2 saturated heterocycles. The van der Waals surface area contributed by atoms with E-state index in [2.05, 4.69) is 45.1 Å². The Morgan fingerprint density at radius 2 is 1.71 bits per heavy atom. The number of allylic oxidation sites excluding steroid dienone is 4. The van der Waals surface area contributed by atoms with Gasteiger partial charge in [-0.3, -0.25) is 0 Å². The second-order valence-electron chi connectivity index (χ2n) is 12.3. The quantitative estimate of drug-likeness (QED) is 0.138. The fourth-order valence-electron chi connectivity index (χ4n) is 5.53. The zero-order valence-corrected chi connectivity index (χ0v) is 26.3. The number of carboxylic acid groups (broad SMARTS) is 1. The van der Waals surface area contributed by atoms with Crippen molar-refractivity contribution >= 4 is 5.97 Å². The van der Waals surface area contributed by atoms with Crippen LogP contribution in [0.4, 0.5) is 0 Å². The molecule has 2 rings (SSSR count). The molecule has 2 aliphatic heterocycles. The van der Waals surface area contributed by atoms with Crippen molar-refractivity contribution in [3.8, 4) is 0 Å². The van der Waals surface area contributed by atoms with Crippen molar-refractivity contribution in [2.75, 3.05) is 0 Å². The lowest BCUT2D eigenvalue weighted by Gasteiger charge is -2.49. The number of ether oxygens (including phenoxy) is 2. The van der Waals surface area contributed by atoms with E-state index in [4.69, 9.17) is 14.6 Å². The van der Waals surface area contributed by atoms with Gasteiger partial charge in [0.25, 0.3) is 0 Å². The molecular formula is C35H56O6. The van der Waals surface area contributed by atoms with Crippen molar-refractivity contribution in [2.45, 2.75) is 136 Å². The normalized spacial score (nSPS) is 30.4. The van der Waals surface area contributed by atoms with Crippen molar-refractivity contribution in [1.82, 2.24) is 0 Å². The minimum Gasteiger partial charge on any atom is -0.478 e. The summed E-state index contributed by atoms with van der Waals surface area (Å²) in [6, 6.07) is 0. The molecule has 232 valence electrons. The number of rotatable bonds is 15. The van der Waals surface area contributed by atoms with Gasteiger partial charge in [-0.15, -0.1) is 0 Å². The van der Waals surface area contributed by atoms with Gasteiger partial charge >= 0.3 is 5.97 Å². The average molecular weight is 573 g/mol. The van der Waals surface area contributed by atoms with Crippen LogP contribution in [0, 0.1) is 17.8 Å². The lowest BCUT2D eigenvalue weighted by Crippen LogP contribution is -2.52. The topological polar surface area (TPSA) is 96.2 Å². The Balaban J connectivity index is 2.07. The highest BCUT2D eigenvalue weighted by atomic mass is 16.7. The predicted molar refractivity (Wildman–Crippen MR) is 166 cm³/mol. The molecule has 41 heavy (non-hydrogen) atoms. The number of aliphatic carboxylic acids is 1. The summed E-state index contributed by atoms with van der Waals surface area (Å²) >= 11 is 0. The number of hydrogen-bond donors (Lipinski definition) is 3. The maximum atomic E-state index is 10.7. The monoisotopic (exact) mass is 572 g/mol. The van der Waals surface area contributed by atoms with Gasteiger partial charge < -0.3 is 24.8 Å². The predicted octanol–water partition coefficient (Wildman–Crippen LogP) is 7.68. The Bertz CT molecular complexity index is 946. The number of aliphatic hydroxyl groups is 2. The third-order valence-corrected chi connectivity index (χ3v) is 8.66. The molecule has 2 fully saturated rings. The molecule has 8 atom stereocenters. The van der Waals surface area contributed by atoms with Crippen molar-refractivity contribution in [2.24, 2.45) is 17.8 Å². The molecule has 2 heterocycles. The van der Waals surface area contributed by atoms with Crippen molar-refractivity contribution in [3.05, 3.63) is 59.8 Å². The van der Waals surface area contributed by atoms with Crippen LogP contribution in [0.25, 0.3) is 0 Å². The number of unbranched alkanes of at least 4 members (excludes halogenated alkanes) is 1. The number of aliphatic hydroxyl groups excluding tert-OH is 2. The smallest absolute Gasteiger partial charge is 0.327 e. The maximum absolute atomic E-state index is 10.7. The highest BCUT2D eigenvalue weighted by Crippen LogP contribution is 2.45. The first-order valence-corrected chi connectivity index (χ1v) is 15.8. The van der Waals surface area contributed by atoms with E-state index in [0.29, 0.717) is 18.3 Å². The lowest BCUT2D eigenvalue weighted by atomic mass is 9.81. The molecule has 0 aromatic carbocycles. The molecule has 0 saturated carbocycles. The highest BCUT2D eigenvalue weighted by Gasteiger charge is 2.46. The first-order chi connectivity index (χ1) is 19.5. The van der Waals surface area contributed by atoms with Crippen molar-refractivity contribution in [1.29, 1.82) is 0 Å². The van der Waals surface area contributed by atoms with Crippen LogP contribution in [0.1, 0.15) is 106 Å². The van der Waals surface area contributed by atoms with E-state index in [9.17, 15) is 15.0 Å². The van der Waals surface area contributed by atoms with Crippen molar-refractivity contribution in [3.63, 3.8) is 0 Å². The van der Waals surface area contributed by atoms with Crippen molar-refractivity contribution < 1.29 is 29.6 Å². The van der Waals surface area contributed by atoms with Gasteiger partial charge in [-0.2, -0.15) is 0 Å². The van der Waals surface area contributed by atoms with E-state index >= 15 is 0 Å². The summed E-state index contributed by atoms with van der Waals surface area (Å²) in [6.45, 7) is 12.4.